The number of alkyl halides is 6. The number of hydrogen-bond acceptors (Lipinski definition) is 2. The molecule has 0 saturated carbocycles. The summed E-state index contributed by atoms with van der Waals surface area (Å²) in [4.78, 5) is 15.4. The minimum absolute atomic E-state index is 0.145. The maximum Gasteiger partial charge on any atom is 0.407 e. The zero-order chi connectivity index (χ0) is 25.7. The summed E-state index contributed by atoms with van der Waals surface area (Å²) in [5.41, 5.74) is 3.26. The van der Waals surface area contributed by atoms with E-state index >= 15 is 0 Å². The summed E-state index contributed by atoms with van der Waals surface area (Å²) in [5.74, 6) is -2.37. The summed E-state index contributed by atoms with van der Waals surface area (Å²) in [5, 5.41) is 2.40. The van der Waals surface area contributed by atoms with Crippen LogP contribution >= 0.6 is 15.9 Å². The van der Waals surface area contributed by atoms with Crippen molar-refractivity contribution >= 4 is 34.1 Å². The van der Waals surface area contributed by atoms with Gasteiger partial charge in [-0.3, -0.25) is 9.79 Å². The number of amides is 1. The molecule has 10 heteroatoms. The van der Waals surface area contributed by atoms with Crippen molar-refractivity contribution in [3.8, 4) is 0 Å². The Balaban J connectivity index is 2.16. The van der Waals surface area contributed by atoms with Gasteiger partial charge in [0.05, 0.1) is 18.0 Å². The number of benzene rings is 2. The topological polar surface area (TPSA) is 41.5 Å². The molecular weight excluding hydrogens is 526 g/mol. The molecule has 0 spiro atoms. The predicted molar refractivity (Wildman–Crippen MR) is 124 cm³/mol. The quantitative estimate of drug-likeness (QED) is 0.291. The number of carbonyl (C=O) groups is 1. The Kier molecular flexibility index (Phi) is 9.10. The highest BCUT2D eigenvalue weighted by atomic mass is 79.9. The second-order valence-electron chi connectivity index (χ2n) is 7.75. The summed E-state index contributed by atoms with van der Waals surface area (Å²) >= 11 is 3.22. The van der Waals surface area contributed by atoms with E-state index in [9.17, 15) is 31.1 Å². The highest BCUT2D eigenvalue weighted by Crippen LogP contribution is 2.38. The van der Waals surface area contributed by atoms with Crippen molar-refractivity contribution in [2.75, 3.05) is 13.1 Å². The van der Waals surface area contributed by atoms with E-state index in [-0.39, 0.29) is 17.7 Å². The van der Waals surface area contributed by atoms with Crippen molar-refractivity contribution in [1.82, 2.24) is 5.32 Å². The molecule has 2 aromatic rings. The Hall–Kier alpha value is -2.62. The largest absolute Gasteiger partial charge is 0.407 e. The molecule has 0 heterocycles. The lowest BCUT2D eigenvalue weighted by molar-refractivity contribution is -0.139. The average Bonchev–Trinajstić information content (AvgIpc) is 2.70. The smallest absolute Gasteiger partial charge is 0.347 e. The van der Waals surface area contributed by atoms with E-state index in [0.717, 1.165) is 29.0 Å². The molecule has 0 aliphatic rings. The molecule has 1 N–H and O–H groups in total. The lowest BCUT2D eigenvalue weighted by Gasteiger charge is -2.19. The average molecular weight is 549 g/mol. The minimum Gasteiger partial charge on any atom is -0.347 e. The summed E-state index contributed by atoms with van der Waals surface area (Å²) in [6.45, 7) is 3.86. The molecule has 0 aliphatic heterocycles. The van der Waals surface area contributed by atoms with Crippen molar-refractivity contribution < 1.29 is 31.1 Å². The maximum atomic E-state index is 13.8. The van der Waals surface area contributed by atoms with E-state index in [2.05, 4.69) is 26.2 Å². The Morgan fingerprint density at radius 2 is 1.68 bits per heavy atom. The lowest BCUT2D eigenvalue weighted by atomic mass is 9.91. The van der Waals surface area contributed by atoms with Crippen molar-refractivity contribution in [1.29, 1.82) is 0 Å². The van der Waals surface area contributed by atoms with Gasteiger partial charge in [0.2, 0.25) is 0 Å². The van der Waals surface area contributed by atoms with Gasteiger partial charge in [0, 0.05) is 10.7 Å². The summed E-state index contributed by atoms with van der Waals surface area (Å²) in [6.07, 6.45) is -5.56. The normalized spacial score (nSPS) is 13.6. The number of nitrogens with one attached hydrogen (secondary N) is 1. The van der Waals surface area contributed by atoms with Gasteiger partial charge in [-0.05, 0) is 76.7 Å². The number of aliphatic imine (C=N–C) groups is 1. The van der Waals surface area contributed by atoms with Crippen LogP contribution in [0.3, 0.4) is 0 Å². The fraction of sp³-hybridized carbons (Fsp3) is 0.333. The number of aryl methyl sites for hydroxylation is 2. The van der Waals surface area contributed by atoms with Crippen LogP contribution in [0.4, 0.5) is 26.3 Å². The van der Waals surface area contributed by atoms with Gasteiger partial charge < -0.3 is 5.32 Å². The molecule has 0 fully saturated rings. The molecule has 0 radical (unpaired) electrons. The number of carbonyl (C=O) groups excluding carboxylic acids is 1. The zero-order valence-corrected chi connectivity index (χ0v) is 20.2. The van der Waals surface area contributed by atoms with E-state index in [4.69, 9.17) is 0 Å². The second kappa shape index (κ2) is 11.2. The molecule has 1 unspecified atom stereocenters. The molecule has 3 nitrogen and oxygen atoms in total. The molecule has 0 aromatic heterocycles. The number of halogens is 7. The van der Waals surface area contributed by atoms with Crippen molar-refractivity contribution in [2.45, 2.75) is 39.0 Å². The maximum absolute atomic E-state index is 13.8. The van der Waals surface area contributed by atoms with Gasteiger partial charge >= 0.3 is 12.4 Å². The summed E-state index contributed by atoms with van der Waals surface area (Å²) in [7, 11) is 0. The number of allylic oxidation sites excluding steroid dienone is 1. The first-order valence-electron chi connectivity index (χ1n) is 10.1. The van der Waals surface area contributed by atoms with Crippen molar-refractivity contribution in [2.24, 2.45) is 4.99 Å². The van der Waals surface area contributed by atoms with Gasteiger partial charge in [0.25, 0.3) is 5.91 Å². The molecule has 2 aromatic carbocycles. The molecule has 1 amide bonds. The van der Waals surface area contributed by atoms with Crippen molar-refractivity contribution in [3.05, 3.63) is 74.3 Å². The fourth-order valence-corrected chi connectivity index (χ4v) is 3.73. The van der Waals surface area contributed by atoms with Gasteiger partial charge in [-0.2, -0.15) is 26.3 Å². The van der Waals surface area contributed by atoms with Crippen LogP contribution in [-0.4, -0.2) is 37.6 Å². The first-order chi connectivity index (χ1) is 15.7. The first-order valence-corrected chi connectivity index (χ1v) is 10.9. The van der Waals surface area contributed by atoms with Crippen LogP contribution in [0.5, 0.6) is 0 Å². The van der Waals surface area contributed by atoms with E-state index in [1.807, 2.05) is 6.92 Å². The monoisotopic (exact) mass is 548 g/mol. The molecule has 1 atom stereocenters. The lowest BCUT2D eigenvalue weighted by Crippen LogP contribution is -2.26. The fourth-order valence-electron chi connectivity index (χ4n) is 3.15. The van der Waals surface area contributed by atoms with Crippen LogP contribution < -0.4 is 5.32 Å². The third-order valence-corrected chi connectivity index (χ3v) is 5.79. The standard InChI is InChI=1S/C24H23BrF6N2O/c1-14-10-18(11-15(2)16(14)3)20(24(29,30)31)7-5-17-4-6-19(21(25)12-17)22(34)33-9-8-32-13-23(26,27)28/h4-8,10-12,20H,9,13H2,1-3H3,(H,33,34)/b7-5-,32-8?. The van der Waals surface area contributed by atoms with Gasteiger partial charge in [0.15, 0.2) is 0 Å². The summed E-state index contributed by atoms with van der Waals surface area (Å²) < 4.78 is 77.8. The minimum atomic E-state index is -4.49. The Bertz CT molecular complexity index is 1070. The highest BCUT2D eigenvalue weighted by Gasteiger charge is 2.39. The number of rotatable bonds is 7. The molecule has 34 heavy (non-hydrogen) atoms. The molecule has 2 rings (SSSR count). The van der Waals surface area contributed by atoms with Gasteiger partial charge in [-0.25, -0.2) is 0 Å². The van der Waals surface area contributed by atoms with Crippen LogP contribution in [0, 0.1) is 20.8 Å². The van der Waals surface area contributed by atoms with Gasteiger partial charge in [0.1, 0.15) is 6.54 Å². The first kappa shape index (κ1) is 27.6. The van der Waals surface area contributed by atoms with Crippen LogP contribution in [0.25, 0.3) is 6.08 Å². The summed E-state index contributed by atoms with van der Waals surface area (Å²) in [6, 6.07) is 7.45. The van der Waals surface area contributed by atoms with E-state index in [1.54, 1.807) is 13.8 Å². The molecule has 0 aliphatic carbocycles. The SMILES string of the molecule is Cc1cc(C(/C=C\c2ccc(C(=O)NCC=NCC(F)(F)F)c(Br)c2)C(F)(F)F)cc(C)c1C. The third-order valence-electron chi connectivity index (χ3n) is 5.13. The van der Waals surface area contributed by atoms with Crippen LogP contribution in [0.15, 0.2) is 45.9 Å². The van der Waals surface area contributed by atoms with Crippen LogP contribution in [-0.2, 0) is 0 Å². The number of nitrogens with zero attached hydrogens (tertiary/aromatic N) is 1. The van der Waals surface area contributed by atoms with Gasteiger partial charge in [-0.15, -0.1) is 0 Å². The van der Waals surface area contributed by atoms with Gasteiger partial charge in [-0.1, -0.05) is 30.4 Å². The predicted octanol–water partition coefficient (Wildman–Crippen LogP) is 7.10. The van der Waals surface area contributed by atoms with E-state index in [0.29, 0.717) is 10.0 Å². The number of hydrogen-bond donors (Lipinski definition) is 1. The molecule has 0 saturated heterocycles. The van der Waals surface area contributed by atoms with Crippen LogP contribution in [0.1, 0.15) is 44.1 Å². The Morgan fingerprint density at radius 1 is 1.06 bits per heavy atom. The molecule has 0 bridgehead atoms. The van der Waals surface area contributed by atoms with E-state index in [1.165, 1.54) is 36.4 Å². The highest BCUT2D eigenvalue weighted by molar-refractivity contribution is 9.10. The van der Waals surface area contributed by atoms with Crippen molar-refractivity contribution in [3.63, 3.8) is 0 Å². The molecule has 184 valence electrons. The second-order valence-corrected chi connectivity index (χ2v) is 8.60. The third kappa shape index (κ3) is 8.00. The van der Waals surface area contributed by atoms with E-state index < -0.39 is 30.7 Å². The zero-order valence-electron chi connectivity index (χ0n) is 18.6. The molecular formula is C24H23BrF6N2O. The Morgan fingerprint density at radius 3 is 2.21 bits per heavy atom. The van der Waals surface area contributed by atoms with Crippen LogP contribution in [0.2, 0.25) is 0 Å². The Labute approximate surface area is 202 Å².